The van der Waals surface area contributed by atoms with Gasteiger partial charge in [-0.2, -0.15) is 0 Å². The average Bonchev–Trinajstić information content (AvgIpc) is 3.47. The number of ether oxygens (including phenoxy) is 1. The van der Waals surface area contributed by atoms with E-state index >= 15 is 0 Å². The monoisotopic (exact) mass is 478 g/mol. The summed E-state index contributed by atoms with van der Waals surface area (Å²) < 4.78 is 5.68. The number of nitrogens with one attached hydrogen (secondary N) is 2. The number of likely N-dealkylation sites (tertiary alicyclic amines) is 1. The molecule has 0 aromatic heterocycles. The van der Waals surface area contributed by atoms with Crippen LogP contribution in [0.2, 0.25) is 0 Å². The molecule has 3 aliphatic rings. The summed E-state index contributed by atoms with van der Waals surface area (Å²) in [7, 11) is 1.86. The molecule has 5 nitrogen and oxygen atoms in total. The molecule has 2 aliphatic carbocycles. The predicted octanol–water partition coefficient (Wildman–Crippen LogP) is 3.24. The largest absolute Gasteiger partial charge is 0.379 e. The Labute approximate surface area is 177 Å². The molecule has 0 aromatic rings. The van der Waals surface area contributed by atoms with Crippen molar-refractivity contribution in [3.63, 3.8) is 0 Å². The number of hydrogen-bond acceptors (Lipinski definition) is 3. The van der Waals surface area contributed by atoms with Gasteiger partial charge in [-0.05, 0) is 50.4 Å². The fourth-order valence-corrected chi connectivity index (χ4v) is 4.16. The van der Waals surface area contributed by atoms with Crippen molar-refractivity contribution in [3.05, 3.63) is 0 Å². The molecule has 1 aliphatic heterocycles. The first-order chi connectivity index (χ1) is 12.3. The topological polar surface area (TPSA) is 48.9 Å². The summed E-state index contributed by atoms with van der Waals surface area (Å²) in [6, 6.07) is 0.557. The van der Waals surface area contributed by atoms with E-state index < -0.39 is 0 Å². The molecule has 0 bridgehead atoms. The molecule has 152 valence electrons. The van der Waals surface area contributed by atoms with Crippen LogP contribution in [0.1, 0.15) is 57.8 Å². The lowest BCUT2D eigenvalue weighted by molar-refractivity contribution is 0.128. The van der Waals surface area contributed by atoms with E-state index in [1.54, 1.807) is 0 Å². The van der Waals surface area contributed by atoms with E-state index in [2.05, 4.69) is 20.5 Å². The van der Waals surface area contributed by atoms with Crippen LogP contribution < -0.4 is 10.6 Å². The van der Waals surface area contributed by atoms with Gasteiger partial charge in [0.1, 0.15) is 0 Å². The van der Waals surface area contributed by atoms with E-state index in [1.807, 2.05) is 7.05 Å². The third kappa shape index (κ3) is 8.30. The smallest absolute Gasteiger partial charge is 0.191 e. The zero-order valence-corrected chi connectivity index (χ0v) is 18.9. The van der Waals surface area contributed by atoms with Crippen LogP contribution in [-0.2, 0) is 4.74 Å². The summed E-state index contributed by atoms with van der Waals surface area (Å²) in [4.78, 5) is 7.06. The molecule has 0 spiro atoms. The third-order valence-corrected chi connectivity index (χ3v) is 5.98. The highest BCUT2D eigenvalue weighted by atomic mass is 127. The first kappa shape index (κ1) is 22.2. The van der Waals surface area contributed by atoms with Crippen molar-refractivity contribution in [1.29, 1.82) is 0 Å². The van der Waals surface area contributed by atoms with Gasteiger partial charge in [-0.15, -0.1) is 24.0 Å². The van der Waals surface area contributed by atoms with Crippen molar-refractivity contribution >= 4 is 29.9 Å². The van der Waals surface area contributed by atoms with Gasteiger partial charge in [-0.1, -0.05) is 19.3 Å². The lowest BCUT2D eigenvalue weighted by atomic mass is 9.88. The Bertz CT molecular complexity index is 403. The highest BCUT2D eigenvalue weighted by Gasteiger charge is 2.23. The lowest BCUT2D eigenvalue weighted by Crippen LogP contribution is -2.49. The molecule has 3 rings (SSSR count). The normalized spacial score (nSPS) is 23.5. The molecular formula is C20H39IN4O. The first-order valence-corrected chi connectivity index (χ1v) is 10.6. The molecule has 1 saturated heterocycles. The van der Waals surface area contributed by atoms with Gasteiger partial charge in [-0.25, -0.2) is 0 Å². The highest BCUT2D eigenvalue weighted by Crippen LogP contribution is 2.28. The number of aliphatic imine (C=N–C) groups is 1. The summed E-state index contributed by atoms with van der Waals surface area (Å²) in [5, 5.41) is 6.99. The summed E-state index contributed by atoms with van der Waals surface area (Å²) in [6.07, 6.45) is 12.4. The van der Waals surface area contributed by atoms with Crippen molar-refractivity contribution < 1.29 is 4.74 Å². The van der Waals surface area contributed by atoms with E-state index in [0.717, 1.165) is 37.6 Å². The Kier molecular flexibility index (Phi) is 10.6. The maximum Gasteiger partial charge on any atom is 0.191 e. The number of rotatable bonds is 8. The van der Waals surface area contributed by atoms with Crippen molar-refractivity contribution in [2.24, 2.45) is 16.8 Å². The highest BCUT2D eigenvalue weighted by molar-refractivity contribution is 14.0. The van der Waals surface area contributed by atoms with Crippen LogP contribution in [0.15, 0.2) is 4.99 Å². The first-order valence-electron chi connectivity index (χ1n) is 10.6. The molecule has 1 heterocycles. The molecule has 3 fully saturated rings. The van der Waals surface area contributed by atoms with E-state index in [1.165, 1.54) is 77.4 Å². The minimum atomic E-state index is 0. The Balaban J connectivity index is 0.00000243. The summed E-state index contributed by atoms with van der Waals surface area (Å²) in [6.45, 7) is 6.35. The quantitative estimate of drug-likeness (QED) is 0.244. The number of hydrogen-bond donors (Lipinski definition) is 2. The Morgan fingerprint density at radius 2 is 1.73 bits per heavy atom. The third-order valence-electron chi connectivity index (χ3n) is 5.98. The van der Waals surface area contributed by atoms with Crippen LogP contribution in [0.5, 0.6) is 0 Å². The summed E-state index contributed by atoms with van der Waals surface area (Å²) in [5.41, 5.74) is 0. The predicted molar refractivity (Wildman–Crippen MR) is 119 cm³/mol. The lowest BCUT2D eigenvalue weighted by Gasteiger charge is -2.36. The van der Waals surface area contributed by atoms with Gasteiger partial charge in [0.05, 0.1) is 6.61 Å². The van der Waals surface area contributed by atoms with Gasteiger partial charge in [0, 0.05) is 45.9 Å². The standard InChI is InChI=1S/C20H38N4O.HI/c1-21-20(22-11-14-25-16-18-7-8-18)23-19-9-12-24(13-10-19)15-17-5-3-2-4-6-17;/h17-19H,2-16H2,1H3,(H2,21,22,23);1H. The van der Waals surface area contributed by atoms with Crippen LogP contribution in [0.25, 0.3) is 0 Å². The van der Waals surface area contributed by atoms with Crippen molar-refractivity contribution in [3.8, 4) is 0 Å². The van der Waals surface area contributed by atoms with Crippen LogP contribution in [0.4, 0.5) is 0 Å². The minimum absolute atomic E-state index is 0. The molecule has 2 saturated carbocycles. The Morgan fingerprint density at radius 3 is 2.38 bits per heavy atom. The van der Waals surface area contributed by atoms with Crippen LogP contribution in [-0.4, -0.2) is 63.3 Å². The second-order valence-corrected chi connectivity index (χ2v) is 8.24. The van der Waals surface area contributed by atoms with E-state index in [0.29, 0.717) is 6.04 Å². The van der Waals surface area contributed by atoms with Crippen LogP contribution >= 0.6 is 24.0 Å². The number of halogens is 1. The number of nitrogens with zero attached hydrogens (tertiary/aromatic N) is 2. The fraction of sp³-hybridized carbons (Fsp3) is 0.950. The van der Waals surface area contributed by atoms with Crippen molar-refractivity contribution in [1.82, 2.24) is 15.5 Å². The maximum atomic E-state index is 5.68. The van der Waals surface area contributed by atoms with Crippen molar-refractivity contribution in [2.75, 3.05) is 46.4 Å². The molecule has 0 aromatic carbocycles. The van der Waals surface area contributed by atoms with E-state index in [-0.39, 0.29) is 24.0 Å². The molecule has 0 amide bonds. The van der Waals surface area contributed by atoms with Gasteiger partial charge < -0.3 is 20.3 Å². The molecule has 0 unspecified atom stereocenters. The summed E-state index contributed by atoms with van der Waals surface area (Å²) in [5.74, 6) is 2.74. The van der Waals surface area contributed by atoms with Gasteiger partial charge in [0.15, 0.2) is 5.96 Å². The Morgan fingerprint density at radius 1 is 1.00 bits per heavy atom. The zero-order chi connectivity index (χ0) is 17.3. The second-order valence-electron chi connectivity index (χ2n) is 8.24. The average molecular weight is 478 g/mol. The molecular weight excluding hydrogens is 439 g/mol. The van der Waals surface area contributed by atoms with Crippen LogP contribution in [0.3, 0.4) is 0 Å². The molecule has 6 heteroatoms. The van der Waals surface area contributed by atoms with Crippen molar-refractivity contribution in [2.45, 2.75) is 63.8 Å². The van der Waals surface area contributed by atoms with Gasteiger partial charge >= 0.3 is 0 Å². The molecule has 26 heavy (non-hydrogen) atoms. The zero-order valence-electron chi connectivity index (χ0n) is 16.5. The Hall–Kier alpha value is -0.0800. The second kappa shape index (κ2) is 12.4. The van der Waals surface area contributed by atoms with E-state index in [4.69, 9.17) is 4.74 Å². The SMILES string of the molecule is CN=C(NCCOCC1CC1)NC1CCN(CC2CCCCC2)CC1.I. The minimum Gasteiger partial charge on any atom is -0.379 e. The van der Waals surface area contributed by atoms with Gasteiger partial charge in [0.25, 0.3) is 0 Å². The molecule has 0 radical (unpaired) electrons. The molecule has 2 N–H and O–H groups in total. The van der Waals surface area contributed by atoms with E-state index in [9.17, 15) is 0 Å². The fourth-order valence-electron chi connectivity index (χ4n) is 4.16. The van der Waals surface area contributed by atoms with Crippen LogP contribution in [0, 0.1) is 11.8 Å². The number of guanidine groups is 1. The maximum absolute atomic E-state index is 5.68. The van der Waals surface area contributed by atoms with Gasteiger partial charge in [0.2, 0.25) is 0 Å². The molecule has 0 atom stereocenters. The number of piperidine rings is 1. The summed E-state index contributed by atoms with van der Waals surface area (Å²) >= 11 is 0. The van der Waals surface area contributed by atoms with Gasteiger partial charge in [-0.3, -0.25) is 4.99 Å².